The number of carboxylic acids is 1. The molecule has 0 spiro atoms. The molecule has 1 aromatic carbocycles. The second kappa shape index (κ2) is 5.14. The van der Waals surface area contributed by atoms with E-state index in [0.29, 0.717) is 5.69 Å². The molecular formula is C12H16FNO3. The van der Waals surface area contributed by atoms with Crippen LogP contribution >= 0.6 is 0 Å². The van der Waals surface area contributed by atoms with Gasteiger partial charge in [0.15, 0.2) is 5.54 Å². The lowest BCUT2D eigenvalue weighted by Crippen LogP contribution is -2.52. The maximum Gasteiger partial charge on any atom is 0.331 e. The molecule has 0 amide bonds. The van der Waals surface area contributed by atoms with E-state index in [4.69, 9.17) is 4.74 Å². The van der Waals surface area contributed by atoms with Gasteiger partial charge in [0.1, 0.15) is 5.82 Å². The van der Waals surface area contributed by atoms with E-state index in [9.17, 15) is 14.3 Å². The Morgan fingerprint density at radius 3 is 2.41 bits per heavy atom. The number of methoxy groups -OCH3 is 1. The maximum atomic E-state index is 12.7. The van der Waals surface area contributed by atoms with Crippen LogP contribution in [0.4, 0.5) is 10.1 Å². The SMILES string of the molecule is COC(C)C(C)(Nc1ccc(F)cc1)C(=O)O. The van der Waals surface area contributed by atoms with E-state index in [1.807, 2.05) is 0 Å². The summed E-state index contributed by atoms with van der Waals surface area (Å²) in [6.45, 7) is 3.18. The molecule has 1 rings (SSSR count). The van der Waals surface area contributed by atoms with Gasteiger partial charge in [-0.05, 0) is 38.1 Å². The molecule has 0 aliphatic carbocycles. The van der Waals surface area contributed by atoms with Gasteiger partial charge in [-0.2, -0.15) is 0 Å². The molecule has 0 heterocycles. The topological polar surface area (TPSA) is 58.6 Å². The summed E-state index contributed by atoms with van der Waals surface area (Å²) in [5, 5.41) is 12.1. The van der Waals surface area contributed by atoms with Crippen LogP contribution in [0.25, 0.3) is 0 Å². The van der Waals surface area contributed by atoms with Crippen molar-refractivity contribution in [1.82, 2.24) is 0 Å². The zero-order valence-corrected chi connectivity index (χ0v) is 10.0. The highest BCUT2D eigenvalue weighted by Gasteiger charge is 2.39. The van der Waals surface area contributed by atoms with Crippen molar-refractivity contribution in [2.45, 2.75) is 25.5 Å². The zero-order valence-electron chi connectivity index (χ0n) is 10.0. The van der Waals surface area contributed by atoms with Crippen molar-refractivity contribution in [1.29, 1.82) is 0 Å². The lowest BCUT2D eigenvalue weighted by molar-refractivity contribution is -0.146. The standard InChI is InChI=1S/C12H16FNO3/c1-8(17-3)12(2,11(15)16)14-10-6-4-9(13)5-7-10/h4-8,14H,1-3H3,(H,15,16). The summed E-state index contributed by atoms with van der Waals surface area (Å²) in [5.41, 5.74) is -0.743. The highest BCUT2D eigenvalue weighted by Crippen LogP contribution is 2.21. The number of rotatable bonds is 5. The van der Waals surface area contributed by atoms with Crippen LogP contribution in [0.3, 0.4) is 0 Å². The average Bonchev–Trinajstić information content (AvgIpc) is 2.30. The number of benzene rings is 1. The van der Waals surface area contributed by atoms with E-state index in [2.05, 4.69) is 5.32 Å². The Bertz CT molecular complexity index is 393. The van der Waals surface area contributed by atoms with Crippen LogP contribution in [0.1, 0.15) is 13.8 Å². The Labute approximate surface area is 99.4 Å². The number of nitrogens with one attached hydrogen (secondary N) is 1. The van der Waals surface area contributed by atoms with E-state index in [1.54, 1.807) is 6.92 Å². The number of hydrogen-bond acceptors (Lipinski definition) is 3. The number of halogens is 1. The van der Waals surface area contributed by atoms with Crippen LogP contribution in [0.2, 0.25) is 0 Å². The fraction of sp³-hybridized carbons (Fsp3) is 0.417. The van der Waals surface area contributed by atoms with Crippen molar-refractivity contribution in [3.8, 4) is 0 Å². The molecule has 17 heavy (non-hydrogen) atoms. The molecule has 0 radical (unpaired) electrons. The highest BCUT2D eigenvalue weighted by molar-refractivity contribution is 5.83. The molecule has 0 bridgehead atoms. The molecule has 0 saturated heterocycles. The summed E-state index contributed by atoms with van der Waals surface area (Å²) in [5.74, 6) is -1.40. The van der Waals surface area contributed by atoms with Gasteiger partial charge < -0.3 is 15.2 Å². The molecule has 2 atom stereocenters. The normalized spacial score (nSPS) is 16.0. The maximum absolute atomic E-state index is 12.7. The van der Waals surface area contributed by atoms with Crippen LogP contribution in [0.15, 0.2) is 24.3 Å². The Kier molecular flexibility index (Phi) is 4.07. The minimum Gasteiger partial charge on any atom is -0.479 e. The zero-order chi connectivity index (χ0) is 13.1. The van der Waals surface area contributed by atoms with E-state index < -0.39 is 17.6 Å². The fourth-order valence-electron chi connectivity index (χ4n) is 1.40. The van der Waals surface area contributed by atoms with Crippen LogP contribution in [-0.4, -0.2) is 29.8 Å². The van der Waals surface area contributed by atoms with Gasteiger partial charge in [-0.1, -0.05) is 0 Å². The van der Waals surface area contributed by atoms with Crippen molar-refractivity contribution >= 4 is 11.7 Å². The summed E-state index contributed by atoms with van der Waals surface area (Å²) < 4.78 is 17.8. The number of carboxylic acid groups (broad SMARTS) is 1. The summed E-state index contributed by atoms with van der Waals surface area (Å²) >= 11 is 0. The Balaban J connectivity index is 2.94. The molecule has 94 valence electrons. The summed E-state index contributed by atoms with van der Waals surface area (Å²) in [6.07, 6.45) is -0.537. The second-order valence-electron chi connectivity index (χ2n) is 4.02. The Morgan fingerprint density at radius 2 is 2.00 bits per heavy atom. The van der Waals surface area contributed by atoms with Crippen LogP contribution < -0.4 is 5.32 Å². The van der Waals surface area contributed by atoms with Gasteiger partial charge in [0.25, 0.3) is 0 Å². The molecule has 0 aliphatic heterocycles. The Morgan fingerprint density at radius 1 is 1.47 bits per heavy atom. The number of ether oxygens (including phenoxy) is 1. The largest absolute Gasteiger partial charge is 0.479 e. The third-order valence-corrected chi connectivity index (χ3v) is 2.86. The minimum absolute atomic E-state index is 0.368. The van der Waals surface area contributed by atoms with Gasteiger partial charge in [-0.3, -0.25) is 0 Å². The number of anilines is 1. The third kappa shape index (κ3) is 2.94. The number of carbonyl (C=O) groups is 1. The molecule has 2 N–H and O–H groups in total. The monoisotopic (exact) mass is 241 g/mol. The summed E-state index contributed by atoms with van der Waals surface area (Å²) in [7, 11) is 1.44. The molecule has 5 heteroatoms. The van der Waals surface area contributed by atoms with Gasteiger partial charge >= 0.3 is 5.97 Å². The highest BCUT2D eigenvalue weighted by atomic mass is 19.1. The minimum atomic E-state index is -1.27. The van der Waals surface area contributed by atoms with Crippen molar-refractivity contribution in [2.24, 2.45) is 0 Å². The first-order valence-electron chi connectivity index (χ1n) is 5.20. The van der Waals surface area contributed by atoms with Crippen molar-refractivity contribution in [3.05, 3.63) is 30.1 Å². The van der Waals surface area contributed by atoms with Crippen molar-refractivity contribution in [2.75, 3.05) is 12.4 Å². The first-order valence-corrected chi connectivity index (χ1v) is 5.20. The van der Waals surface area contributed by atoms with Crippen LogP contribution in [-0.2, 0) is 9.53 Å². The molecule has 0 fully saturated rings. The van der Waals surface area contributed by atoms with Crippen molar-refractivity contribution in [3.63, 3.8) is 0 Å². The first kappa shape index (κ1) is 13.4. The summed E-state index contributed by atoms with van der Waals surface area (Å²) in [4.78, 5) is 11.3. The van der Waals surface area contributed by atoms with E-state index in [-0.39, 0.29) is 5.82 Å². The second-order valence-corrected chi connectivity index (χ2v) is 4.02. The van der Waals surface area contributed by atoms with Crippen LogP contribution in [0.5, 0.6) is 0 Å². The third-order valence-electron chi connectivity index (χ3n) is 2.86. The van der Waals surface area contributed by atoms with Gasteiger partial charge in [0.2, 0.25) is 0 Å². The first-order chi connectivity index (χ1) is 7.90. The molecular weight excluding hydrogens is 225 g/mol. The van der Waals surface area contributed by atoms with E-state index >= 15 is 0 Å². The molecule has 1 aromatic rings. The van der Waals surface area contributed by atoms with E-state index in [0.717, 1.165) is 0 Å². The predicted octanol–water partition coefficient (Wildman–Crippen LogP) is 2.12. The van der Waals surface area contributed by atoms with Crippen molar-refractivity contribution < 1.29 is 19.0 Å². The molecule has 2 unspecified atom stereocenters. The Hall–Kier alpha value is -1.62. The van der Waals surface area contributed by atoms with Gasteiger partial charge in [0, 0.05) is 12.8 Å². The molecule has 0 aromatic heterocycles. The number of aliphatic carboxylic acids is 1. The average molecular weight is 241 g/mol. The molecule has 4 nitrogen and oxygen atoms in total. The molecule has 0 saturated carbocycles. The van der Waals surface area contributed by atoms with Gasteiger partial charge in [-0.25, -0.2) is 9.18 Å². The fourth-order valence-corrected chi connectivity index (χ4v) is 1.40. The smallest absolute Gasteiger partial charge is 0.331 e. The van der Waals surface area contributed by atoms with Crippen LogP contribution in [0, 0.1) is 5.82 Å². The van der Waals surface area contributed by atoms with Gasteiger partial charge in [-0.15, -0.1) is 0 Å². The summed E-state index contributed by atoms with van der Waals surface area (Å²) in [6, 6.07) is 5.50. The lowest BCUT2D eigenvalue weighted by atomic mass is 9.95. The predicted molar refractivity (Wildman–Crippen MR) is 62.5 cm³/mol. The molecule has 0 aliphatic rings. The van der Waals surface area contributed by atoms with Gasteiger partial charge in [0.05, 0.1) is 6.10 Å². The lowest BCUT2D eigenvalue weighted by Gasteiger charge is -2.32. The van der Waals surface area contributed by atoms with E-state index in [1.165, 1.54) is 38.3 Å². The quantitative estimate of drug-likeness (QED) is 0.829. The number of hydrogen-bond donors (Lipinski definition) is 2.